The first-order valence-corrected chi connectivity index (χ1v) is 5.50. The van der Waals surface area contributed by atoms with Gasteiger partial charge < -0.3 is 5.11 Å². The zero-order valence-corrected chi connectivity index (χ0v) is 8.62. The van der Waals surface area contributed by atoms with Gasteiger partial charge in [0.15, 0.2) is 0 Å². The largest absolute Gasteiger partial charge is 0.480 e. The van der Waals surface area contributed by atoms with Gasteiger partial charge in [-0.1, -0.05) is 6.92 Å². The second-order valence-electron chi connectivity index (χ2n) is 2.85. The van der Waals surface area contributed by atoms with E-state index in [0.29, 0.717) is 11.5 Å². The van der Waals surface area contributed by atoms with Crippen molar-refractivity contribution in [3.05, 3.63) is 0 Å². The van der Waals surface area contributed by atoms with Crippen molar-refractivity contribution < 1.29 is 9.90 Å². The number of rotatable bonds is 3. The summed E-state index contributed by atoms with van der Waals surface area (Å²) in [6.07, 6.45) is 0.908. The molecule has 1 aliphatic rings. The fourth-order valence-corrected chi connectivity index (χ4v) is 3.01. The van der Waals surface area contributed by atoms with E-state index < -0.39 is 12.0 Å². The van der Waals surface area contributed by atoms with Gasteiger partial charge >= 0.3 is 5.97 Å². The molecule has 0 spiro atoms. The van der Waals surface area contributed by atoms with E-state index in [1.165, 1.54) is 0 Å². The highest BCUT2D eigenvalue weighted by atomic mass is 32.2. The monoisotopic (exact) mass is 207 g/mol. The lowest BCUT2D eigenvalue weighted by atomic mass is 10.2. The minimum Gasteiger partial charge on any atom is -0.480 e. The Kier molecular flexibility index (Phi) is 3.31. The van der Waals surface area contributed by atoms with Crippen LogP contribution in [0.1, 0.15) is 13.3 Å². The molecule has 0 aromatic heterocycles. The van der Waals surface area contributed by atoms with Gasteiger partial charge in [-0.2, -0.15) is 12.6 Å². The third-order valence-electron chi connectivity index (χ3n) is 2.09. The zero-order valence-electron chi connectivity index (χ0n) is 6.91. The lowest BCUT2D eigenvalue weighted by Gasteiger charge is -2.25. The normalized spacial score (nSPS) is 35.3. The molecule has 1 heterocycles. The van der Waals surface area contributed by atoms with Crippen LogP contribution in [-0.4, -0.2) is 33.5 Å². The average Bonchev–Trinajstić information content (AvgIpc) is 2.49. The molecule has 1 unspecified atom stereocenters. The van der Waals surface area contributed by atoms with Crippen LogP contribution in [0.5, 0.6) is 0 Å². The molecule has 3 nitrogen and oxygen atoms in total. The molecule has 0 amide bonds. The van der Waals surface area contributed by atoms with Gasteiger partial charge in [0.1, 0.15) is 6.04 Å². The standard InChI is InChI=1S/C7H13NO2S2/c1-2-7(4-11)8-5(3-12-7)6(9)10/h5,8,11H,2-4H2,1H3,(H,9,10)/t5-,7?/m0/s1. The van der Waals surface area contributed by atoms with Gasteiger partial charge in [0.05, 0.1) is 4.87 Å². The number of carboxylic acid groups (broad SMARTS) is 1. The summed E-state index contributed by atoms with van der Waals surface area (Å²) in [5.74, 6) is 0.557. The quantitative estimate of drug-likeness (QED) is 0.600. The Hall–Kier alpha value is 0.130. The molecule has 70 valence electrons. The van der Waals surface area contributed by atoms with E-state index in [0.717, 1.165) is 6.42 Å². The van der Waals surface area contributed by atoms with Crippen molar-refractivity contribution in [2.75, 3.05) is 11.5 Å². The zero-order chi connectivity index (χ0) is 9.19. The van der Waals surface area contributed by atoms with Crippen molar-refractivity contribution in [3.8, 4) is 0 Å². The van der Waals surface area contributed by atoms with Crippen LogP contribution in [-0.2, 0) is 4.79 Å². The van der Waals surface area contributed by atoms with Crippen LogP contribution in [0.3, 0.4) is 0 Å². The van der Waals surface area contributed by atoms with Crippen LogP contribution in [0.4, 0.5) is 0 Å². The first kappa shape index (κ1) is 10.2. The molecule has 0 bridgehead atoms. The second kappa shape index (κ2) is 3.89. The molecule has 0 aliphatic carbocycles. The van der Waals surface area contributed by atoms with E-state index in [2.05, 4.69) is 17.9 Å². The third-order valence-corrected chi connectivity index (χ3v) is 4.45. The van der Waals surface area contributed by atoms with Crippen molar-refractivity contribution in [2.24, 2.45) is 0 Å². The molecule has 12 heavy (non-hydrogen) atoms. The lowest BCUT2D eigenvalue weighted by molar-refractivity contribution is -0.138. The smallest absolute Gasteiger partial charge is 0.321 e. The van der Waals surface area contributed by atoms with Gasteiger partial charge in [-0.15, -0.1) is 11.8 Å². The summed E-state index contributed by atoms with van der Waals surface area (Å²) in [6, 6.07) is -0.401. The molecule has 1 fully saturated rings. The van der Waals surface area contributed by atoms with Gasteiger partial charge in [-0.25, -0.2) is 0 Å². The van der Waals surface area contributed by atoms with Crippen LogP contribution >= 0.6 is 24.4 Å². The van der Waals surface area contributed by atoms with Gasteiger partial charge in [-0.05, 0) is 6.42 Å². The summed E-state index contributed by atoms with van der Waals surface area (Å²) in [4.78, 5) is 10.5. The Labute approximate surface area is 81.7 Å². The molecule has 1 saturated heterocycles. The summed E-state index contributed by atoms with van der Waals surface area (Å²) in [7, 11) is 0. The molecular weight excluding hydrogens is 194 g/mol. The maximum Gasteiger partial charge on any atom is 0.321 e. The fraction of sp³-hybridized carbons (Fsp3) is 0.857. The van der Waals surface area contributed by atoms with E-state index in [4.69, 9.17) is 5.11 Å². The first-order chi connectivity index (χ1) is 5.63. The average molecular weight is 207 g/mol. The van der Waals surface area contributed by atoms with Crippen LogP contribution < -0.4 is 5.32 Å². The predicted octanol–water partition coefficient (Wildman–Crippen LogP) is 0.812. The van der Waals surface area contributed by atoms with E-state index in [9.17, 15) is 4.79 Å². The predicted molar refractivity (Wildman–Crippen MR) is 53.9 cm³/mol. The molecule has 0 radical (unpaired) electrons. The number of aliphatic carboxylic acids is 1. The summed E-state index contributed by atoms with van der Waals surface area (Å²) < 4.78 is 0. The van der Waals surface area contributed by atoms with Crippen molar-refractivity contribution in [1.29, 1.82) is 0 Å². The highest BCUT2D eigenvalue weighted by molar-refractivity contribution is 8.01. The van der Waals surface area contributed by atoms with Gasteiger partial charge in [0, 0.05) is 11.5 Å². The number of nitrogens with one attached hydrogen (secondary N) is 1. The maximum atomic E-state index is 10.6. The number of thioether (sulfide) groups is 1. The topological polar surface area (TPSA) is 49.3 Å². The summed E-state index contributed by atoms with van der Waals surface area (Å²) in [5, 5.41) is 11.8. The summed E-state index contributed by atoms with van der Waals surface area (Å²) in [5.41, 5.74) is 0. The summed E-state index contributed by atoms with van der Waals surface area (Å²) >= 11 is 5.87. The molecule has 1 rings (SSSR count). The Morgan fingerprint density at radius 3 is 2.83 bits per heavy atom. The minimum absolute atomic E-state index is 0.119. The first-order valence-electron chi connectivity index (χ1n) is 3.89. The van der Waals surface area contributed by atoms with Gasteiger partial charge in [-0.3, -0.25) is 10.1 Å². The van der Waals surface area contributed by atoms with E-state index >= 15 is 0 Å². The molecule has 0 aromatic rings. The number of carboxylic acids is 1. The molecule has 2 N–H and O–H groups in total. The highest BCUT2D eigenvalue weighted by Crippen LogP contribution is 2.34. The molecule has 1 aliphatic heterocycles. The number of hydrogen-bond donors (Lipinski definition) is 3. The lowest BCUT2D eigenvalue weighted by Crippen LogP contribution is -2.45. The Balaban J connectivity index is 2.58. The molecule has 2 atom stereocenters. The molecule has 0 aromatic carbocycles. The SMILES string of the molecule is CCC1(CS)N[C@H](C(=O)O)CS1. The van der Waals surface area contributed by atoms with Crippen LogP contribution in [0, 0.1) is 0 Å². The summed E-state index contributed by atoms with van der Waals surface area (Å²) in [6.45, 7) is 2.04. The fourth-order valence-electron chi connectivity index (χ4n) is 1.18. The molecule has 0 saturated carbocycles. The number of carbonyl (C=O) groups is 1. The van der Waals surface area contributed by atoms with Crippen molar-refractivity contribution in [1.82, 2.24) is 5.32 Å². The number of thiol groups is 1. The van der Waals surface area contributed by atoms with Gasteiger partial charge in [0.25, 0.3) is 0 Å². The van der Waals surface area contributed by atoms with Crippen molar-refractivity contribution >= 4 is 30.4 Å². The highest BCUT2D eigenvalue weighted by Gasteiger charge is 2.39. The Morgan fingerprint density at radius 2 is 2.58 bits per heavy atom. The van der Waals surface area contributed by atoms with Crippen LogP contribution in [0.15, 0.2) is 0 Å². The minimum atomic E-state index is -0.764. The van der Waals surface area contributed by atoms with Gasteiger partial charge in [0.2, 0.25) is 0 Å². The van der Waals surface area contributed by atoms with Crippen LogP contribution in [0.25, 0.3) is 0 Å². The number of hydrogen-bond acceptors (Lipinski definition) is 4. The Morgan fingerprint density at radius 1 is 1.92 bits per heavy atom. The van der Waals surface area contributed by atoms with Crippen molar-refractivity contribution in [2.45, 2.75) is 24.3 Å². The molecular formula is C7H13NO2S2. The van der Waals surface area contributed by atoms with E-state index in [1.54, 1.807) is 11.8 Å². The van der Waals surface area contributed by atoms with E-state index in [-0.39, 0.29) is 4.87 Å². The molecule has 5 heteroatoms. The third kappa shape index (κ3) is 1.89. The van der Waals surface area contributed by atoms with Crippen LogP contribution in [0.2, 0.25) is 0 Å². The van der Waals surface area contributed by atoms with Crippen molar-refractivity contribution in [3.63, 3.8) is 0 Å². The second-order valence-corrected chi connectivity index (χ2v) is 4.57. The maximum absolute atomic E-state index is 10.6. The Bertz CT molecular complexity index is 182. The van der Waals surface area contributed by atoms with E-state index in [1.807, 2.05) is 6.92 Å².